The van der Waals surface area contributed by atoms with Crippen LogP contribution in [0.3, 0.4) is 0 Å². The molecule has 0 spiro atoms. The highest BCUT2D eigenvalue weighted by Gasteiger charge is 2.15. The number of aliphatic hydroxyl groups excluding tert-OH is 1. The van der Waals surface area contributed by atoms with Crippen LogP contribution in [0.1, 0.15) is 117 Å². The maximum Gasteiger partial charge on any atom is 0.306 e. The Hall–Kier alpha value is -3.44. The van der Waals surface area contributed by atoms with E-state index < -0.39 is 6.10 Å². The summed E-state index contributed by atoms with van der Waals surface area (Å²) < 4.78 is 10.5. The molecule has 5 heteroatoms. The number of unbranched alkanes of at least 4 members (excludes halogenated alkanes) is 3. The van der Waals surface area contributed by atoms with Crippen molar-refractivity contribution in [2.24, 2.45) is 0 Å². The average Bonchev–Trinajstić information content (AvgIpc) is 3.06. The Morgan fingerprint density at radius 2 is 0.870 bits per heavy atom. The summed E-state index contributed by atoms with van der Waals surface area (Å²) in [5.74, 6) is -0.724. The molecular weight excluding hydrogens is 572 g/mol. The Balaban J connectivity index is 3.81. The summed E-state index contributed by atoms with van der Waals surface area (Å²) in [6.07, 6.45) is 51.5. The molecule has 0 rings (SSSR count). The monoisotopic (exact) mass is 634 g/mol. The van der Waals surface area contributed by atoms with Gasteiger partial charge in [0.05, 0.1) is 6.61 Å². The largest absolute Gasteiger partial charge is 0.462 e. The second kappa shape index (κ2) is 36.0. The van der Waals surface area contributed by atoms with Crippen LogP contribution in [0.2, 0.25) is 0 Å². The number of aliphatic hydroxyl groups is 1. The number of carbonyl (C=O) groups excluding carboxylic acids is 2. The first-order valence-electron chi connectivity index (χ1n) is 17.4. The van der Waals surface area contributed by atoms with Crippen LogP contribution in [0.4, 0.5) is 0 Å². The number of allylic oxidation sites excluding steroid dienone is 18. The summed E-state index contributed by atoms with van der Waals surface area (Å²) in [4.78, 5) is 24.1. The van der Waals surface area contributed by atoms with Gasteiger partial charge in [0.2, 0.25) is 0 Å². The van der Waals surface area contributed by atoms with E-state index in [1.807, 2.05) is 0 Å². The van der Waals surface area contributed by atoms with Gasteiger partial charge in [-0.1, -0.05) is 123 Å². The molecule has 1 atom stereocenters. The normalized spacial score (nSPS) is 13.5. The molecule has 0 saturated carbocycles. The van der Waals surface area contributed by atoms with Crippen LogP contribution in [0.25, 0.3) is 0 Å². The highest BCUT2D eigenvalue weighted by Crippen LogP contribution is 2.07. The first kappa shape index (κ1) is 42.6. The van der Waals surface area contributed by atoms with Crippen molar-refractivity contribution in [3.05, 3.63) is 109 Å². The highest BCUT2D eigenvalue weighted by molar-refractivity contribution is 5.70. The molecule has 256 valence electrons. The summed E-state index contributed by atoms with van der Waals surface area (Å²) in [5.41, 5.74) is 0. The predicted molar refractivity (Wildman–Crippen MR) is 195 cm³/mol. The lowest BCUT2D eigenvalue weighted by atomic mass is 10.2. The third-order valence-electron chi connectivity index (χ3n) is 6.56. The quantitative estimate of drug-likeness (QED) is 0.0503. The van der Waals surface area contributed by atoms with E-state index >= 15 is 0 Å². The number of rotatable bonds is 29. The molecule has 0 aliphatic heterocycles. The second-order valence-electron chi connectivity index (χ2n) is 10.8. The Kier molecular flexibility index (Phi) is 33.3. The molecule has 0 unspecified atom stereocenters. The van der Waals surface area contributed by atoms with Gasteiger partial charge >= 0.3 is 11.9 Å². The Morgan fingerprint density at radius 1 is 0.500 bits per heavy atom. The Labute approximate surface area is 280 Å². The number of hydrogen-bond acceptors (Lipinski definition) is 5. The van der Waals surface area contributed by atoms with Gasteiger partial charge in [-0.05, 0) is 89.9 Å². The van der Waals surface area contributed by atoms with E-state index in [2.05, 4.69) is 123 Å². The minimum atomic E-state index is -0.822. The molecule has 0 heterocycles. The van der Waals surface area contributed by atoms with Crippen molar-refractivity contribution in [2.75, 3.05) is 13.2 Å². The minimum Gasteiger partial charge on any atom is -0.462 e. The molecule has 0 aromatic carbocycles. The lowest BCUT2D eigenvalue weighted by Gasteiger charge is -2.15. The molecule has 0 aromatic rings. The fourth-order valence-corrected chi connectivity index (χ4v) is 3.99. The number of hydrogen-bond donors (Lipinski definition) is 1. The van der Waals surface area contributed by atoms with Crippen LogP contribution in [-0.2, 0) is 19.1 Å². The van der Waals surface area contributed by atoms with Gasteiger partial charge in [-0.25, -0.2) is 0 Å². The molecular formula is C41H62O5. The fourth-order valence-electron chi connectivity index (χ4n) is 3.99. The maximum absolute atomic E-state index is 12.1. The van der Waals surface area contributed by atoms with Crippen LogP contribution in [0, 0.1) is 0 Å². The third-order valence-corrected chi connectivity index (χ3v) is 6.56. The Bertz CT molecular complexity index is 990. The zero-order valence-electron chi connectivity index (χ0n) is 28.8. The van der Waals surface area contributed by atoms with Gasteiger partial charge in [0.1, 0.15) is 6.61 Å². The van der Waals surface area contributed by atoms with Gasteiger partial charge in [0, 0.05) is 12.8 Å². The number of esters is 2. The summed E-state index contributed by atoms with van der Waals surface area (Å²) in [5, 5.41) is 9.51. The highest BCUT2D eigenvalue weighted by atomic mass is 16.6. The third kappa shape index (κ3) is 33.5. The van der Waals surface area contributed by atoms with Gasteiger partial charge in [-0.3, -0.25) is 9.59 Å². The zero-order valence-corrected chi connectivity index (χ0v) is 28.8. The standard InChI is InChI=1S/C41H62O5/c1-3-5-7-9-11-13-15-17-19-20-22-23-25-27-29-31-33-35-40(43)45-38-39(37-42)46-41(44)36-34-32-30-28-26-24-21-18-16-14-12-10-8-6-4-2/h5-8,11-14,17-19,21-23,26-29,39,42H,3-4,9-10,15-16,20,24-25,30-38H2,1-2H3/b7-5+,8-6+,13-11+,14-12+,19-17+,21-18+,23-22+,28-26+,29-27+/t39-/m0/s1. The predicted octanol–water partition coefficient (Wildman–Crippen LogP) is 10.7. The fraction of sp³-hybridized carbons (Fsp3) is 0.512. The SMILES string of the molecule is CC/C=C/C/C=C/C/C=C/C/C=C/C/C=C/CCCC(=O)OC[C@H](CO)OC(=O)CCCC/C=C/C/C=C/C/C=C/C/C=C/CC. The molecule has 0 aromatic heterocycles. The molecule has 0 bridgehead atoms. The smallest absolute Gasteiger partial charge is 0.306 e. The van der Waals surface area contributed by atoms with Crippen molar-refractivity contribution in [3.63, 3.8) is 0 Å². The van der Waals surface area contributed by atoms with Crippen LogP contribution < -0.4 is 0 Å². The van der Waals surface area contributed by atoms with E-state index in [0.29, 0.717) is 12.8 Å². The van der Waals surface area contributed by atoms with E-state index in [-0.39, 0.29) is 38.0 Å². The number of ether oxygens (including phenoxy) is 2. The van der Waals surface area contributed by atoms with Crippen LogP contribution in [0.5, 0.6) is 0 Å². The van der Waals surface area contributed by atoms with Gasteiger partial charge < -0.3 is 14.6 Å². The van der Waals surface area contributed by atoms with E-state index in [4.69, 9.17) is 9.47 Å². The summed E-state index contributed by atoms with van der Waals surface area (Å²) in [6, 6.07) is 0. The molecule has 0 aliphatic carbocycles. The molecule has 1 N–H and O–H groups in total. The molecule has 0 aliphatic rings. The van der Waals surface area contributed by atoms with Crippen molar-refractivity contribution in [2.45, 2.75) is 123 Å². The molecule has 0 saturated heterocycles. The zero-order chi connectivity index (χ0) is 33.6. The van der Waals surface area contributed by atoms with Crippen molar-refractivity contribution < 1.29 is 24.2 Å². The van der Waals surface area contributed by atoms with E-state index in [1.54, 1.807) is 0 Å². The topological polar surface area (TPSA) is 72.8 Å². The van der Waals surface area contributed by atoms with Crippen molar-refractivity contribution in [3.8, 4) is 0 Å². The van der Waals surface area contributed by atoms with Crippen LogP contribution in [0.15, 0.2) is 109 Å². The maximum atomic E-state index is 12.1. The summed E-state index contributed by atoms with van der Waals surface area (Å²) in [7, 11) is 0. The van der Waals surface area contributed by atoms with E-state index in [0.717, 1.165) is 77.0 Å². The van der Waals surface area contributed by atoms with Crippen molar-refractivity contribution >= 4 is 11.9 Å². The van der Waals surface area contributed by atoms with E-state index in [9.17, 15) is 14.7 Å². The lowest BCUT2D eigenvalue weighted by molar-refractivity contribution is -0.161. The average molecular weight is 635 g/mol. The minimum absolute atomic E-state index is 0.120. The summed E-state index contributed by atoms with van der Waals surface area (Å²) in [6.45, 7) is 3.78. The number of carbonyl (C=O) groups is 2. The van der Waals surface area contributed by atoms with Crippen LogP contribution >= 0.6 is 0 Å². The van der Waals surface area contributed by atoms with Gasteiger partial charge in [-0.15, -0.1) is 0 Å². The molecule has 0 radical (unpaired) electrons. The molecule has 0 amide bonds. The van der Waals surface area contributed by atoms with Crippen LogP contribution in [-0.4, -0.2) is 36.4 Å². The van der Waals surface area contributed by atoms with E-state index in [1.165, 1.54) is 0 Å². The molecule has 5 nitrogen and oxygen atoms in total. The van der Waals surface area contributed by atoms with Crippen molar-refractivity contribution in [1.82, 2.24) is 0 Å². The first-order valence-corrected chi connectivity index (χ1v) is 17.4. The first-order chi connectivity index (χ1) is 22.6. The van der Waals surface area contributed by atoms with Gasteiger partial charge in [0.15, 0.2) is 6.10 Å². The van der Waals surface area contributed by atoms with Gasteiger partial charge in [0.25, 0.3) is 0 Å². The van der Waals surface area contributed by atoms with Gasteiger partial charge in [-0.2, -0.15) is 0 Å². The lowest BCUT2D eigenvalue weighted by Crippen LogP contribution is -2.28. The summed E-state index contributed by atoms with van der Waals surface area (Å²) >= 11 is 0. The van der Waals surface area contributed by atoms with Crippen molar-refractivity contribution in [1.29, 1.82) is 0 Å². The second-order valence-corrected chi connectivity index (χ2v) is 10.8. The molecule has 0 fully saturated rings. The molecule has 46 heavy (non-hydrogen) atoms. The Morgan fingerprint density at radius 3 is 1.28 bits per heavy atom.